The molecule has 0 unspecified atom stereocenters. The van der Waals surface area contributed by atoms with Crippen LogP contribution >= 0.6 is 0 Å². The standard InChI is InChI=1S/C20H26N4O/c25-20(24(18-8-9-18)13-16-5-2-1-3-6-16)15-23-12-4-7-17(14-23)19-10-11-21-22-19/h1-3,5-6,10-11,17-18H,4,7-9,12-15H2,(H,21,22)/t17-/m1/s1. The van der Waals surface area contributed by atoms with Crippen molar-refractivity contribution in [1.82, 2.24) is 20.0 Å². The predicted molar refractivity (Wildman–Crippen MR) is 97.0 cm³/mol. The van der Waals surface area contributed by atoms with Gasteiger partial charge in [-0.25, -0.2) is 0 Å². The average Bonchev–Trinajstić information content (AvgIpc) is 3.33. The minimum Gasteiger partial charge on any atom is -0.334 e. The van der Waals surface area contributed by atoms with Crippen LogP contribution in [-0.4, -0.2) is 51.6 Å². The Labute approximate surface area is 149 Å². The van der Waals surface area contributed by atoms with Crippen LogP contribution in [0.1, 0.15) is 42.9 Å². The molecule has 2 fully saturated rings. The third-order valence-corrected chi connectivity index (χ3v) is 5.33. The van der Waals surface area contributed by atoms with E-state index in [0.29, 0.717) is 18.5 Å². The first-order valence-electron chi connectivity index (χ1n) is 9.34. The highest BCUT2D eigenvalue weighted by Crippen LogP contribution is 2.29. The van der Waals surface area contributed by atoms with E-state index in [2.05, 4.69) is 38.2 Å². The number of aromatic amines is 1. The second-order valence-corrected chi connectivity index (χ2v) is 7.32. The third-order valence-electron chi connectivity index (χ3n) is 5.33. The van der Waals surface area contributed by atoms with Crippen LogP contribution in [0.3, 0.4) is 0 Å². The maximum Gasteiger partial charge on any atom is 0.237 e. The number of likely N-dealkylation sites (tertiary alicyclic amines) is 1. The van der Waals surface area contributed by atoms with Crippen LogP contribution in [-0.2, 0) is 11.3 Å². The molecule has 132 valence electrons. The van der Waals surface area contributed by atoms with Gasteiger partial charge in [-0.3, -0.25) is 14.8 Å². The molecule has 5 heteroatoms. The summed E-state index contributed by atoms with van der Waals surface area (Å²) >= 11 is 0. The fourth-order valence-electron chi connectivity index (χ4n) is 3.82. The second-order valence-electron chi connectivity index (χ2n) is 7.32. The normalized spacial score (nSPS) is 21.2. The summed E-state index contributed by atoms with van der Waals surface area (Å²) in [4.78, 5) is 17.4. The van der Waals surface area contributed by atoms with Crippen molar-refractivity contribution in [3.8, 4) is 0 Å². The van der Waals surface area contributed by atoms with Crippen molar-refractivity contribution in [3.63, 3.8) is 0 Å². The van der Waals surface area contributed by atoms with Gasteiger partial charge < -0.3 is 4.90 Å². The fourth-order valence-corrected chi connectivity index (χ4v) is 3.82. The number of hydrogen-bond donors (Lipinski definition) is 1. The molecule has 1 aromatic carbocycles. The van der Waals surface area contributed by atoms with E-state index in [1.807, 2.05) is 24.4 Å². The van der Waals surface area contributed by atoms with Gasteiger partial charge in [-0.2, -0.15) is 5.10 Å². The van der Waals surface area contributed by atoms with Gasteiger partial charge in [0.15, 0.2) is 0 Å². The molecule has 5 nitrogen and oxygen atoms in total. The molecule has 2 aliphatic rings. The van der Waals surface area contributed by atoms with Gasteiger partial charge in [0.1, 0.15) is 0 Å². The Kier molecular flexibility index (Phi) is 4.83. The topological polar surface area (TPSA) is 52.2 Å². The van der Waals surface area contributed by atoms with Crippen LogP contribution in [0, 0.1) is 0 Å². The van der Waals surface area contributed by atoms with Crippen LogP contribution in [0.2, 0.25) is 0 Å². The minimum atomic E-state index is 0.275. The molecule has 2 aromatic rings. The van der Waals surface area contributed by atoms with E-state index >= 15 is 0 Å². The van der Waals surface area contributed by atoms with E-state index in [-0.39, 0.29) is 5.91 Å². The van der Waals surface area contributed by atoms with Gasteiger partial charge in [-0.05, 0) is 43.9 Å². The largest absolute Gasteiger partial charge is 0.334 e. The van der Waals surface area contributed by atoms with Gasteiger partial charge in [-0.15, -0.1) is 0 Å². The molecule has 1 atom stereocenters. The smallest absolute Gasteiger partial charge is 0.237 e. The van der Waals surface area contributed by atoms with Crippen molar-refractivity contribution in [2.75, 3.05) is 19.6 Å². The number of hydrogen-bond acceptors (Lipinski definition) is 3. The highest BCUT2D eigenvalue weighted by atomic mass is 16.2. The molecule has 4 rings (SSSR count). The lowest BCUT2D eigenvalue weighted by Crippen LogP contribution is -2.44. The zero-order valence-electron chi connectivity index (χ0n) is 14.6. The molecule has 0 bridgehead atoms. The first-order chi connectivity index (χ1) is 12.3. The van der Waals surface area contributed by atoms with Crippen LogP contribution in [0.25, 0.3) is 0 Å². The van der Waals surface area contributed by atoms with Crippen molar-refractivity contribution in [2.24, 2.45) is 0 Å². The Bertz CT molecular complexity index is 681. The highest BCUT2D eigenvalue weighted by molar-refractivity contribution is 5.79. The van der Waals surface area contributed by atoms with E-state index < -0.39 is 0 Å². The lowest BCUT2D eigenvalue weighted by molar-refractivity contribution is -0.134. The van der Waals surface area contributed by atoms with Gasteiger partial charge in [0, 0.05) is 36.9 Å². The molecular formula is C20H26N4O. The number of benzene rings is 1. The molecular weight excluding hydrogens is 312 g/mol. The van der Waals surface area contributed by atoms with Crippen molar-refractivity contribution in [3.05, 3.63) is 53.9 Å². The molecule has 1 amide bonds. The lowest BCUT2D eigenvalue weighted by atomic mass is 9.95. The minimum absolute atomic E-state index is 0.275. The van der Waals surface area contributed by atoms with Crippen LogP contribution in [0.15, 0.2) is 42.6 Å². The Morgan fingerprint density at radius 2 is 2.04 bits per heavy atom. The zero-order valence-corrected chi connectivity index (χ0v) is 14.6. The van der Waals surface area contributed by atoms with Crippen LogP contribution in [0.5, 0.6) is 0 Å². The summed E-state index contributed by atoms with van der Waals surface area (Å²) in [6.07, 6.45) is 6.42. The molecule has 2 heterocycles. The number of nitrogens with zero attached hydrogens (tertiary/aromatic N) is 3. The predicted octanol–water partition coefficient (Wildman–Crippen LogP) is 2.78. The summed E-state index contributed by atoms with van der Waals surface area (Å²) in [5.41, 5.74) is 2.41. The lowest BCUT2D eigenvalue weighted by Gasteiger charge is -2.33. The quantitative estimate of drug-likeness (QED) is 0.881. The number of amides is 1. The maximum absolute atomic E-state index is 13.0. The molecule has 25 heavy (non-hydrogen) atoms. The molecule has 0 spiro atoms. The molecule has 1 saturated heterocycles. The number of carbonyl (C=O) groups is 1. The molecule has 1 aliphatic carbocycles. The summed E-state index contributed by atoms with van der Waals surface area (Å²) in [5, 5.41) is 7.16. The number of carbonyl (C=O) groups excluding carboxylic acids is 1. The van der Waals surface area contributed by atoms with E-state index in [1.165, 1.54) is 17.7 Å². The number of aromatic nitrogens is 2. The number of nitrogens with one attached hydrogen (secondary N) is 1. The van der Waals surface area contributed by atoms with Gasteiger partial charge in [-0.1, -0.05) is 30.3 Å². The van der Waals surface area contributed by atoms with Gasteiger partial charge in [0.05, 0.1) is 6.54 Å². The third kappa shape index (κ3) is 4.10. The van der Waals surface area contributed by atoms with E-state index in [1.54, 1.807) is 0 Å². The van der Waals surface area contributed by atoms with Crippen molar-refractivity contribution in [2.45, 2.75) is 44.2 Å². The second kappa shape index (κ2) is 7.40. The Morgan fingerprint density at radius 1 is 1.20 bits per heavy atom. The first-order valence-corrected chi connectivity index (χ1v) is 9.34. The van der Waals surface area contributed by atoms with Crippen molar-refractivity contribution >= 4 is 5.91 Å². The fraction of sp³-hybridized carbons (Fsp3) is 0.500. The van der Waals surface area contributed by atoms with E-state index in [9.17, 15) is 4.79 Å². The zero-order chi connectivity index (χ0) is 17.1. The van der Waals surface area contributed by atoms with Crippen molar-refractivity contribution < 1.29 is 4.79 Å². The number of H-pyrrole nitrogens is 1. The maximum atomic E-state index is 13.0. The summed E-state index contributed by atoms with van der Waals surface area (Å²) in [7, 11) is 0. The molecule has 0 radical (unpaired) electrons. The van der Waals surface area contributed by atoms with E-state index in [4.69, 9.17) is 0 Å². The Hall–Kier alpha value is -2.14. The molecule has 1 aromatic heterocycles. The summed E-state index contributed by atoms with van der Waals surface area (Å²) in [5.74, 6) is 0.740. The van der Waals surface area contributed by atoms with Gasteiger partial charge >= 0.3 is 0 Å². The number of piperidine rings is 1. The SMILES string of the molecule is O=C(CN1CCC[C@@H](c2ccn[nH]2)C1)N(Cc1ccccc1)C1CC1. The summed E-state index contributed by atoms with van der Waals surface area (Å²) in [6, 6.07) is 12.8. The van der Waals surface area contributed by atoms with E-state index in [0.717, 1.165) is 38.9 Å². The van der Waals surface area contributed by atoms with Crippen molar-refractivity contribution in [1.29, 1.82) is 0 Å². The number of rotatable bonds is 6. The molecule has 1 N–H and O–H groups in total. The molecule has 1 aliphatic heterocycles. The summed E-state index contributed by atoms with van der Waals surface area (Å²) in [6.45, 7) is 3.23. The van der Waals surface area contributed by atoms with Crippen LogP contribution < -0.4 is 0 Å². The first kappa shape index (κ1) is 16.3. The average molecular weight is 338 g/mol. The summed E-state index contributed by atoms with van der Waals surface area (Å²) < 4.78 is 0. The monoisotopic (exact) mass is 338 g/mol. The Morgan fingerprint density at radius 3 is 2.76 bits per heavy atom. The Balaban J connectivity index is 1.37. The van der Waals surface area contributed by atoms with Gasteiger partial charge in [0.25, 0.3) is 0 Å². The van der Waals surface area contributed by atoms with Crippen LogP contribution in [0.4, 0.5) is 0 Å². The molecule has 1 saturated carbocycles. The van der Waals surface area contributed by atoms with Gasteiger partial charge in [0.2, 0.25) is 5.91 Å². The highest BCUT2D eigenvalue weighted by Gasteiger charge is 2.34.